The number of aliphatic hydroxyl groups excluding tert-OH is 1. The van der Waals surface area contributed by atoms with Crippen molar-refractivity contribution in [3.8, 4) is 23.9 Å². The van der Waals surface area contributed by atoms with E-state index in [4.69, 9.17) is 5.11 Å². The zero-order valence-corrected chi connectivity index (χ0v) is 10.4. The minimum Gasteiger partial charge on any atom is -0.462 e. The van der Waals surface area contributed by atoms with Crippen LogP contribution < -0.4 is 4.86 Å². The number of halogens is 2. The molecule has 0 saturated carbocycles. The van der Waals surface area contributed by atoms with Crippen molar-refractivity contribution in [2.75, 3.05) is 13.2 Å². The Balaban J connectivity index is 4.33. The first kappa shape index (κ1) is 16.1. The van der Waals surface area contributed by atoms with Crippen molar-refractivity contribution >= 4 is 15.7 Å². The van der Waals surface area contributed by atoms with Crippen LogP contribution in [0.3, 0.4) is 0 Å². The summed E-state index contributed by atoms with van der Waals surface area (Å²) in [5.41, 5.74) is 0. The van der Waals surface area contributed by atoms with Crippen LogP contribution in [-0.2, 0) is 18.2 Å². The van der Waals surface area contributed by atoms with E-state index in [1.54, 1.807) is 5.92 Å². The SMILES string of the molecule is CC#CCOP(=O)(F)NP(=O)(F)OCC#CO. The van der Waals surface area contributed by atoms with Gasteiger partial charge in [-0.3, -0.25) is 9.05 Å². The van der Waals surface area contributed by atoms with Gasteiger partial charge < -0.3 is 5.11 Å². The number of hydrogen-bond acceptors (Lipinski definition) is 5. The summed E-state index contributed by atoms with van der Waals surface area (Å²) in [5.74, 6) is 6.32. The smallest absolute Gasteiger partial charge is 0.453 e. The van der Waals surface area contributed by atoms with Gasteiger partial charge in [-0.1, -0.05) is 5.92 Å². The summed E-state index contributed by atoms with van der Waals surface area (Å²) < 4.78 is 55.7. The first-order valence-electron chi connectivity index (χ1n) is 4.02. The van der Waals surface area contributed by atoms with Crippen molar-refractivity contribution in [2.24, 2.45) is 0 Å². The standard InChI is InChI=1S/C7H9F2NO5P2/c1-2-3-6-14-16(8,12)10-17(9,13)15-7-4-5-11/h11H,6-7H2,1H3,(H,10,12,13). The first-order chi connectivity index (χ1) is 7.83. The molecule has 96 valence electrons. The lowest BCUT2D eigenvalue weighted by Gasteiger charge is -2.12. The van der Waals surface area contributed by atoms with E-state index in [1.807, 2.05) is 0 Å². The van der Waals surface area contributed by atoms with E-state index in [2.05, 4.69) is 20.9 Å². The van der Waals surface area contributed by atoms with E-state index in [-0.39, 0.29) is 0 Å². The van der Waals surface area contributed by atoms with Crippen LogP contribution >= 0.6 is 15.7 Å². The lowest BCUT2D eigenvalue weighted by Crippen LogP contribution is -2.07. The molecule has 0 amide bonds. The van der Waals surface area contributed by atoms with Crippen LogP contribution in [0.1, 0.15) is 6.92 Å². The van der Waals surface area contributed by atoms with Crippen molar-refractivity contribution in [3.05, 3.63) is 0 Å². The molecule has 6 nitrogen and oxygen atoms in total. The highest BCUT2D eigenvalue weighted by atomic mass is 31.3. The van der Waals surface area contributed by atoms with Gasteiger partial charge in [0.25, 0.3) is 0 Å². The number of aliphatic hydroxyl groups is 1. The highest BCUT2D eigenvalue weighted by molar-refractivity contribution is 7.67. The van der Waals surface area contributed by atoms with E-state index in [0.717, 1.165) is 4.86 Å². The molecule has 10 heteroatoms. The summed E-state index contributed by atoms with van der Waals surface area (Å²) in [6.07, 6.45) is 1.34. The van der Waals surface area contributed by atoms with Gasteiger partial charge >= 0.3 is 15.7 Å². The third-order valence-corrected chi connectivity index (χ3v) is 3.93. The zero-order chi connectivity index (χ0) is 13.4. The molecule has 0 aliphatic rings. The van der Waals surface area contributed by atoms with Gasteiger partial charge in [0, 0.05) is 0 Å². The molecule has 0 aliphatic heterocycles. The molecular formula is C7H9F2NO5P2. The van der Waals surface area contributed by atoms with Gasteiger partial charge in [0.15, 0.2) is 0 Å². The van der Waals surface area contributed by atoms with Gasteiger partial charge in [0.1, 0.15) is 19.3 Å². The van der Waals surface area contributed by atoms with Crippen molar-refractivity contribution in [1.29, 1.82) is 0 Å². The minimum absolute atomic E-state index is 0.562. The summed E-state index contributed by atoms with van der Waals surface area (Å²) >= 11 is 0. The Kier molecular flexibility index (Phi) is 7.06. The van der Waals surface area contributed by atoms with E-state index in [1.165, 1.54) is 13.0 Å². The highest BCUT2D eigenvalue weighted by Gasteiger charge is 2.35. The largest absolute Gasteiger partial charge is 0.462 e. The molecule has 0 fully saturated rings. The number of hydrogen-bond donors (Lipinski definition) is 2. The molecule has 0 saturated heterocycles. The van der Waals surface area contributed by atoms with Crippen molar-refractivity contribution in [3.63, 3.8) is 0 Å². The second-order valence-electron chi connectivity index (χ2n) is 2.32. The first-order valence-corrected chi connectivity index (χ1v) is 7.05. The molecule has 0 heterocycles. The molecule has 0 aromatic rings. The molecule has 0 rings (SSSR count). The average Bonchev–Trinajstić information content (AvgIpc) is 2.16. The Morgan fingerprint density at radius 3 is 2.06 bits per heavy atom. The normalized spacial score (nSPS) is 16.6. The second-order valence-corrected chi connectivity index (χ2v) is 5.56. The van der Waals surface area contributed by atoms with E-state index < -0.39 is 28.9 Å². The summed E-state index contributed by atoms with van der Waals surface area (Å²) in [6.45, 7) is 0.0937. The maximum Gasteiger partial charge on any atom is 0.453 e. The predicted molar refractivity (Wildman–Crippen MR) is 55.6 cm³/mol. The summed E-state index contributed by atoms with van der Waals surface area (Å²) in [5, 5.41) is 8.00. The summed E-state index contributed by atoms with van der Waals surface area (Å²) in [4.78, 5) is 0.967. The van der Waals surface area contributed by atoms with Crippen LogP contribution in [0.25, 0.3) is 0 Å². The van der Waals surface area contributed by atoms with Gasteiger partial charge in [-0.25, -0.2) is 9.13 Å². The van der Waals surface area contributed by atoms with Gasteiger partial charge in [-0.2, -0.15) is 0 Å². The predicted octanol–water partition coefficient (Wildman–Crippen LogP) is 2.12. The topological polar surface area (TPSA) is 84.9 Å². The minimum atomic E-state index is -5.17. The fourth-order valence-electron chi connectivity index (χ4n) is 0.535. The quantitative estimate of drug-likeness (QED) is 0.575. The molecule has 2 atom stereocenters. The Morgan fingerprint density at radius 2 is 1.65 bits per heavy atom. The number of rotatable bonds is 6. The fourth-order valence-corrected chi connectivity index (χ4v) is 2.60. The molecule has 0 bridgehead atoms. The molecule has 0 radical (unpaired) electrons. The van der Waals surface area contributed by atoms with Crippen molar-refractivity contribution in [1.82, 2.24) is 4.86 Å². The molecule has 2 unspecified atom stereocenters. The molecular weight excluding hydrogens is 278 g/mol. The molecule has 0 aliphatic carbocycles. The Bertz CT molecular complexity index is 418. The third-order valence-electron chi connectivity index (χ3n) is 1.10. The molecule has 17 heavy (non-hydrogen) atoms. The second kappa shape index (κ2) is 7.45. The Labute approximate surface area is 96.9 Å². The lowest BCUT2D eigenvalue weighted by molar-refractivity contribution is 0.298. The van der Waals surface area contributed by atoms with Gasteiger partial charge in [-0.15, -0.1) is 19.2 Å². The molecule has 0 aromatic heterocycles. The van der Waals surface area contributed by atoms with Crippen LogP contribution in [0.15, 0.2) is 0 Å². The summed E-state index contributed by atoms with van der Waals surface area (Å²) in [7, 11) is -10.3. The average molecular weight is 287 g/mol. The van der Waals surface area contributed by atoms with E-state index in [9.17, 15) is 17.5 Å². The Morgan fingerprint density at radius 1 is 1.18 bits per heavy atom. The van der Waals surface area contributed by atoms with Crippen LogP contribution in [-0.4, -0.2) is 18.3 Å². The van der Waals surface area contributed by atoms with Crippen LogP contribution in [0.5, 0.6) is 0 Å². The van der Waals surface area contributed by atoms with E-state index >= 15 is 0 Å². The van der Waals surface area contributed by atoms with Gasteiger partial charge in [0.05, 0.1) is 0 Å². The maximum absolute atomic E-state index is 13.0. The Hall–Kier alpha value is -0.880. The summed E-state index contributed by atoms with van der Waals surface area (Å²) in [6, 6.07) is 0. The number of nitrogens with one attached hydrogen (secondary N) is 1. The molecule has 0 spiro atoms. The molecule has 2 N–H and O–H groups in total. The van der Waals surface area contributed by atoms with Gasteiger partial charge in [0.2, 0.25) is 0 Å². The van der Waals surface area contributed by atoms with Crippen molar-refractivity contribution < 1.29 is 31.7 Å². The molecule has 0 aromatic carbocycles. The van der Waals surface area contributed by atoms with Gasteiger partial charge in [-0.05, 0) is 12.8 Å². The van der Waals surface area contributed by atoms with Crippen LogP contribution in [0, 0.1) is 23.9 Å². The monoisotopic (exact) mass is 287 g/mol. The zero-order valence-electron chi connectivity index (χ0n) is 8.64. The third kappa shape index (κ3) is 8.88. The van der Waals surface area contributed by atoms with Crippen molar-refractivity contribution in [2.45, 2.75) is 6.92 Å². The van der Waals surface area contributed by atoms with Crippen LogP contribution in [0.4, 0.5) is 8.39 Å². The van der Waals surface area contributed by atoms with Crippen LogP contribution in [0.2, 0.25) is 0 Å². The van der Waals surface area contributed by atoms with E-state index in [0.29, 0.717) is 0 Å². The lowest BCUT2D eigenvalue weighted by atomic mass is 10.6. The fraction of sp³-hybridized carbons (Fsp3) is 0.429. The maximum atomic E-state index is 13.0. The highest BCUT2D eigenvalue weighted by Crippen LogP contribution is 2.58.